The van der Waals surface area contributed by atoms with Crippen molar-refractivity contribution in [3.8, 4) is 40.1 Å². The van der Waals surface area contributed by atoms with E-state index in [4.69, 9.17) is 53.5 Å². The van der Waals surface area contributed by atoms with Crippen molar-refractivity contribution < 1.29 is 23.5 Å². The van der Waals surface area contributed by atoms with E-state index in [2.05, 4.69) is 15.5 Å². The zero-order valence-electron chi connectivity index (χ0n) is 16.0. The van der Waals surface area contributed by atoms with Crippen molar-refractivity contribution in [1.29, 1.82) is 0 Å². The van der Waals surface area contributed by atoms with Gasteiger partial charge in [-0.1, -0.05) is 52.1 Å². The third-order valence-electron chi connectivity index (χ3n) is 4.01. The Hall–Kier alpha value is -2.68. The van der Waals surface area contributed by atoms with Gasteiger partial charge in [-0.2, -0.15) is 4.98 Å². The van der Waals surface area contributed by atoms with Gasteiger partial charge in [-0.15, -0.1) is 0 Å². The molecule has 0 aliphatic rings. The summed E-state index contributed by atoms with van der Waals surface area (Å²) in [6.07, 6.45) is 0. The number of hydrogen-bond donors (Lipinski definition) is 1. The van der Waals surface area contributed by atoms with E-state index >= 15 is 0 Å². The number of para-hydroxylation sites is 1. The number of rotatable bonds is 6. The highest BCUT2D eigenvalue weighted by Gasteiger charge is 2.31. The minimum Gasteiger partial charge on any atom is -0.493 e. The molecule has 0 aliphatic heterocycles. The number of alkyl halides is 3. The van der Waals surface area contributed by atoms with Gasteiger partial charge < -0.3 is 24.1 Å². The second kappa shape index (κ2) is 8.99. The molecule has 0 unspecified atom stereocenters. The Morgan fingerprint density at radius 3 is 2.23 bits per heavy atom. The summed E-state index contributed by atoms with van der Waals surface area (Å²) in [4.78, 5) is 16.4. The summed E-state index contributed by atoms with van der Waals surface area (Å²) >= 11 is 16.9. The van der Waals surface area contributed by atoms with Gasteiger partial charge in [0, 0.05) is 5.56 Å². The van der Waals surface area contributed by atoms with Gasteiger partial charge in [-0.3, -0.25) is 4.79 Å². The maximum absolute atomic E-state index is 12.0. The monoisotopic (exact) mass is 471 g/mol. The van der Waals surface area contributed by atoms with Gasteiger partial charge in [-0.05, 0) is 24.3 Å². The maximum Gasteiger partial charge on any atom is 0.276 e. The number of amides is 1. The molecule has 1 N–H and O–H groups in total. The van der Waals surface area contributed by atoms with Crippen LogP contribution < -0.4 is 19.5 Å². The van der Waals surface area contributed by atoms with Crippen LogP contribution in [0.15, 0.2) is 40.9 Å². The predicted octanol–water partition coefficient (Wildman–Crippen LogP) is 4.74. The van der Waals surface area contributed by atoms with Crippen molar-refractivity contribution in [3.63, 3.8) is 0 Å². The van der Waals surface area contributed by atoms with Gasteiger partial charge in [-0.25, -0.2) is 0 Å². The van der Waals surface area contributed by atoms with Crippen LogP contribution >= 0.6 is 34.8 Å². The average Bonchev–Trinajstić information content (AvgIpc) is 3.22. The van der Waals surface area contributed by atoms with Gasteiger partial charge in [0.05, 0.1) is 32.6 Å². The van der Waals surface area contributed by atoms with E-state index < -0.39 is 9.70 Å². The molecule has 0 radical (unpaired) electrons. The molecule has 1 aromatic heterocycles. The number of aromatic nitrogens is 2. The number of carbonyl (C=O) groups is 1. The molecule has 0 fully saturated rings. The predicted molar refractivity (Wildman–Crippen MR) is 114 cm³/mol. The molecule has 11 heteroatoms. The number of carbonyl (C=O) groups excluding carboxylic acids is 1. The number of halogens is 3. The van der Waals surface area contributed by atoms with Crippen LogP contribution in [-0.2, 0) is 4.79 Å². The quantitative estimate of drug-likeness (QED) is 0.518. The molecule has 158 valence electrons. The molecule has 0 saturated heterocycles. The summed E-state index contributed by atoms with van der Waals surface area (Å²) in [7, 11) is 4.52. The maximum atomic E-state index is 12.0. The number of anilines is 1. The Kier molecular flexibility index (Phi) is 6.60. The Morgan fingerprint density at radius 2 is 1.67 bits per heavy atom. The number of nitrogens with zero attached hydrogens (tertiary/aromatic N) is 2. The first kappa shape index (κ1) is 22.0. The lowest BCUT2D eigenvalue weighted by molar-refractivity contribution is -0.115. The molecule has 0 saturated carbocycles. The van der Waals surface area contributed by atoms with E-state index in [0.717, 1.165) is 0 Å². The lowest BCUT2D eigenvalue weighted by Crippen LogP contribution is -2.27. The first-order chi connectivity index (χ1) is 14.3. The van der Waals surface area contributed by atoms with Crippen LogP contribution in [0.4, 0.5) is 5.69 Å². The van der Waals surface area contributed by atoms with Crippen LogP contribution in [0.3, 0.4) is 0 Å². The molecule has 1 heterocycles. The van der Waals surface area contributed by atoms with Gasteiger partial charge >= 0.3 is 0 Å². The third kappa shape index (κ3) is 4.56. The molecule has 30 heavy (non-hydrogen) atoms. The fraction of sp³-hybridized carbons (Fsp3) is 0.211. The van der Waals surface area contributed by atoms with Crippen molar-refractivity contribution in [3.05, 3.63) is 36.4 Å². The molecule has 0 spiro atoms. The van der Waals surface area contributed by atoms with Crippen molar-refractivity contribution in [2.45, 2.75) is 3.79 Å². The van der Waals surface area contributed by atoms with Crippen molar-refractivity contribution in [2.75, 3.05) is 26.6 Å². The highest BCUT2D eigenvalue weighted by molar-refractivity contribution is 6.76. The molecule has 3 aromatic rings. The van der Waals surface area contributed by atoms with Crippen LogP contribution in [0.5, 0.6) is 17.2 Å². The minimum absolute atomic E-state index is 0.152. The van der Waals surface area contributed by atoms with E-state index in [-0.39, 0.29) is 11.7 Å². The van der Waals surface area contributed by atoms with Crippen molar-refractivity contribution >= 4 is 46.4 Å². The number of benzene rings is 2. The summed E-state index contributed by atoms with van der Waals surface area (Å²) in [5, 5.41) is 6.54. The minimum atomic E-state index is -2.12. The molecule has 8 nitrogen and oxygen atoms in total. The number of nitrogens with one attached hydrogen (secondary N) is 1. The van der Waals surface area contributed by atoms with Crippen LogP contribution in [-0.4, -0.2) is 41.2 Å². The highest BCUT2D eigenvalue weighted by atomic mass is 35.6. The second-order valence-corrected chi connectivity index (χ2v) is 8.12. The summed E-state index contributed by atoms with van der Waals surface area (Å²) in [5.74, 6) is 0.921. The standard InChI is InChI=1S/C19H16Cl3N3O5/c1-27-13-8-10(9-14(28-2)15(13)29-3)16-24-17(30-25-16)11-6-4-5-7-12(11)23-18(26)19(20,21)22/h4-9H,1-3H3,(H,23,26). The van der Waals surface area contributed by atoms with E-state index in [1.54, 1.807) is 36.4 Å². The Labute approximate surface area is 187 Å². The van der Waals surface area contributed by atoms with Crippen LogP contribution in [0.1, 0.15) is 0 Å². The Bertz CT molecular complexity index is 1040. The van der Waals surface area contributed by atoms with Gasteiger partial charge in [0.25, 0.3) is 15.6 Å². The molecule has 2 aromatic carbocycles. The molecule has 1 amide bonds. The lowest BCUT2D eigenvalue weighted by Gasteiger charge is -2.13. The number of methoxy groups -OCH3 is 3. The Balaban J connectivity index is 2.00. The van der Waals surface area contributed by atoms with Crippen LogP contribution in [0.25, 0.3) is 22.8 Å². The first-order valence-electron chi connectivity index (χ1n) is 8.40. The molecular formula is C19H16Cl3N3O5. The van der Waals surface area contributed by atoms with E-state index in [9.17, 15) is 4.79 Å². The van der Waals surface area contributed by atoms with Gasteiger partial charge in [0.15, 0.2) is 11.5 Å². The molecule has 0 aliphatic carbocycles. The number of hydrogen-bond acceptors (Lipinski definition) is 7. The molecule has 0 bridgehead atoms. The largest absolute Gasteiger partial charge is 0.493 e. The zero-order chi connectivity index (χ0) is 21.9. The van der Waals surface area contributed by atoms with Crippen LogP contribution in [0.2, 0.25) is 0 Å². The average molecular weight is 473 g/mol. The molecular weight excluding hydrogens is 457 g/mol. The number of ether oxygens (including phenoxy) is 3. The summed E-state index contributed by atoms with van der Waals surface area (Å²) in [6, 6.07) is 10.1. The highest BCUT2D eigenvalue weighted by Crippen LogP contribution is 2.41. The fourth-order valence-electron chi connectivity index (χ4n) is 2.63. The molecule has 3 rings (SSSR count). The smallest absolute Gasteiger partial charge is 0.276 e. The lowest BCUT2D eigenvalue weighted by atomic mass is 10.1. The van der Waals surface area contributed by atoms with E-state index in [1.165, 1.54) is 21.3 Å². The normalized spacial score (nSPS) is 11.1. The molecule has 0 atom stereocenters. The summed E-state index contributed by atoms with van der Waals surface area (Å²) in [6.45, 7) is 0. The van der Waals surface area contributed by atoms with Gasteiger partial charge in [0.2, 0.25) is 11.6 Å². The Morgan fingerprint density at radius 1 is 1.03 bits per heavy atom. The van der Waals surface area contributed by atoms with E-state index in [0.29, 0.717) is 34.1 Å². The second-order valence-electron chi connectivity index (χ2n) is 5.83. The van der Waals surface area contributed by atoms with Crippen molar-refractivity contribution in [2.24, 2.45) is 0 Å². The van der Waals surface area contributed by atoms with Gasteiger partial charge in [0.1, 0.15) is 0 Å². The summed E-state index contributed by atoms with van der Waals surface area (Å²) in [5.41, 5.74) is 1.36. The third-order valence-corrected chi connectivity index (χ3v) is 4.53. The summed E-state index contributed by atoms with van der Waals surface area (Å²) < 4.78 is 19.3. The van der Waals surface area contributed by atoms with E-state index in [1.807, 2.05) is 0 Å². The first-order valence-corrected chi connectivity index (χ1v) is 9.53. The SMILES string of the molecule is COc1cc(-c2noc(-c3ccccc3NC(=O)C(Cl)(Cl)Cl)n2)cc(OC)c1OC. The van der Waals surface area contributed by atoms with Crippen molar-refractivity contribution in [1.82, 2.24) is 10.1 Å². The fourth-order valence-corrected chi connectivity index (χ4v) is 2.77. The zero-order valence-corrected chi connectivity index (χ0v) is 18.3. The van der Waals surface area contributed by atoms with Crippen LogP contribution in [0, 0.1) is 0 Å². The topological polar surface area (TPSA) is 95.7 Å².